The Kier molecular flexibility index (Phi) is 4.08. The first-order valence-electron chi connectivity index (χ1n) is 0.667. The third-order valence-corrected chi connectivity index (χ3v) is 0. The molecule has 4 nitrogen and oxygen atoms in total. The van der Waals surface area contributed by atoms with Crippen LogP contribution in [0, 0.1) is 0 Å². The average Bonchev–Trinajstić information content (AvgIpc) is 0.722. The molecule has 0 saturated heterocycles. The standard InChI is InChI=1S/Cu.H2O4S.5H/c;1-5(2,3)4;;;;;/h;(H2,1,2,3,4);;;;;/q+2;;5*-1/p-2. The van der Waals surface area contributed by atoms with Gasteiger partial charge in [0.1, 0.15) is 0 Å². The molecule has 0 atom stereocenters. The summed E-state index contributed by atoms with van der Waals surface area (Å²) in [4.78, 5) is 0. The first kappa shape index (κ1) is 9.63. The Bertz CT molecular complexity index is 102. The minimum absolute atomic E-state index is 0. The monoisotopic (exact) mass is 164 g/mol. The first-order chi connectivity index (χ1) is 2.00. The molecule has 0 fully saturated rings. The largest absolute Gasteiger partial charge is 2.00 e. The second-order valence-corrected chi connectivity index (χ2v) is 1.22. The quantitative estimate of drug-likeness (QED) is 0.267. The number of hydrogen-bond donors (Lipinski definition) is 0. The van der Waals surface area contributed by atoms with Crippen molar-refractivity contribution in [2.45, 2.75) is 0 Å². The Morgan fingerprint density at radius 3 is 1.33 bits per heavy atom. The van der Waals surface area contributed by atoms with Crippen LogP contribution in [0.5, 0.6) is 0 Å². The predicted molar refractivity (Wildman–Crippen MR) is 16.0 cm³/mol. The summed E-state index contributed by atoms with van der Waals surface area (Å²) < 4.78 is 34.1. The van der Waals surface area contributed by atoms with E-state index in [1.165, 1.54) is 0 Å². The van der Waals surface area contributed by atoms with Crippen molar-refractivity contribution in [2.75, 3.05) is 0 Å². The molecule has 1 radical (unpaired) electrons. The van der Waals surface area contributed by atoms with E-state index in [1.807, 2.05) is 0 Å². The van der Waals surface area contributed by atoms with Crippen molar-refractivity contribution in [1.29, 1.82) is 0 Å². The van der Waals surface area contributed by atoms with Gasteiger partial charge in [0.15, 0.2) is 0 Å². The van der Waals surface area contributed by atoms with E-state index in [0.29, 0.717) is 0 Å². The molecule has 0 aliphatic heterocycles. The van der Waals surface area contributed by atoms with E-state index in [4.69, 9.17) is 17.5 Å². The topological polar surface area (TPSA) is 80.3 Å². The maximum Gasteiger partial charge on any atom is 2.00 e. The Labute approximate surface area is 53.0 Å². The van der Waals surface area contributed by atoms with Gasteiger partial charge in [-0.2, -0.15) is 0 Å². The summed E-state index contributed by atoms with van der Waals surface area (Å²) in [5.41, 5.74) is 0. The second-order valence-electron chi connectivity index (χ2n) is 0.408. The van der Waals surface area contributed by atoms with Gasteiger partial charge < -0.3 is 16.2 Å². The van der Waals surface area contributed by atoms with Crippen LogP contribution in [-0.2, 0) is 27.5 Å². The zero-order chi connectivity index (χ0) is 4.50. The van der Waals surface area contributed by atoms with Crippen LogP contribution < -0.4 is 0 Å². The number of rotatable bonds is 0. The molecule has 0 saturated carbocycles. The normalized spacial score (nSPS) is 9.67. The molecule has 0 aromatic carbocycles. The van der Waals surface area contributed by atoms with Gasteiger partial charge in [-0.1, -0.05) is 0 Å². The van der Waals surface area contributed by atoms with Crippen LogP contribution >= 0.6 is 0 Å². The van der Waals surface area contributed by atoms with Crippen LogP contribution in [0.25, 0.3) is 0 Å². The third kappa shape index (κ3) is 332. The van der Waals surface area contributed by atoms with Gasteiger partial charge in [-0.15, -0.1) is 0 Å². The van der Waals surface area contributed by atoms with Crippen LogP contribution in [-0.4, -0.2) is 17.5 Å². The van der Waals surface area contributed by atoms with Gasteiger partial charge in [-0.05, 0) is 0 Å². The summed E-state index contributed by atoms with van der Waals surface area (Å²) in [7, 11) is -5.17. The average molecular weight is 165 g/mol. The maximum absolute atomic E-state index is 8.52. The fourth-order valence-corrected chi connectivity index (χ4v) is 0. The molecule has 0 aliphatic rings. The van der Waals surface area contributed by atoms with E-state index in [1.54, 1.807) is 0 Å². The van der Waals surface area contributed by atoms with E-state index in [9.17, 15) is 0 Å². The zero-order valence-corrected chi connectivity index (χ0v) is 4.10. The van der Waals surface area contributed by atoms with Crippen molar-refractivity contribution >= 4 is 10.4 Å². The molecule has 0 aliphatic carbocycles. The molecule has 6 heavy (non-hydrogen) atoms. The summed E-state index contributed by atoms with van der Waals surface area (Å²) in [5, 5.41) is 0. The summed E-state index contributed by atoms with van der Waals surface area (Å²) in [6.07, 6.45) is 0. The van der Waals surface area contributed by atoms with Crippen LogP contribution in [0.1, 0.15) is 7.13 Å². The maximum atomic E-state index is 8.52. The van der Waals surface area contributed by atoms with Gasteiger partial charge in [-0.3, -0.25) is 8.42 Å². The summed E-state index contributed by atoms with van der Waals surface area (Å²) >= 11 is 0. The molecule has 0 bridgehead atoms. The van der Waals surface area contributed by atoms with E-state index in [0.717, 1.165) is 0 Å². The molecule has 6 heteroatoms. The van der Waals surface area contributed by atoms with Gasteiger partial charge >= 0.3 is 17.1 Å². The molecular weight excluding hydrogens is 160 g/mol. The van der Waals surface area contributed by atoms with E-state index < -0.39 is 10.4 Å². The molecule has 0 spiro atoms. The molecular formula is H5CuO4S-5. The molecule has 0 N–H and O–H groups in total. The van der Waals surface area contributed by atoms with Gasteiger partial charge in [0.2, 0.25) is 0 Å². The minimum Gasteiger partial charge on any atom is -1.00 e. The van der Waals surface area contributed by atoms with Crippen LogP contribution in [0.15, 0.2) is 0 Å². The van der Waals surface area contributed by atoms with E-state index in [-0.39, 0.29) is 24.2 Å². The SMILES string of the molecule is O=S(=O)([O-])[O-].[Cu+2].[H-].[H-].[H-].[H-].[H-]. The number of hydrogen-bond acceptors (Lipinski definition) is 4. The summed E-state index contributed by atoms with van der Waals surface area (Å²) in [6.45, 7) is 0. The fourth-order valence-electron chi connectivity index (χ4n) is 0. The van der Waals surface area contributed by atoms with Gasteiger partial charge in [0, 0.05) is 10.4 Å². The van der Waals surface area contributed by atoms with E-state index in [2.05, 4.69) is 0 Å². The Balaban J connectivity index is -0.00000000533. The van der Waals surface area contributed by atoms with E-state index >= 15 is 0 Å². The molecule has 0 aromatic heterocycles. The molecule has 51 valence electrons. The second kappa shape index (κ2) is 2.54. The van der Waals surface area contributed by atoms with Gasteiger partial charge in [0.25, 0.3) is 0 Å². The Morgan fingerprint density at radius 2 is 1.33 bits per heavy atom. The van der Waals surface area contributed by atoms with Crippen LogP contribution in [0.3, 0.4) is 0 Å². The summed E-state index contributed by atoms with van der Waals surface area (Å²) in [5.74, 6) is 0. The molecule has 0 rings (SSSR count). The van der Waals surface area contributed by atoms with Crippen LogP contribution in [0.4, 0.5) is 0 Å². The van der Waals surface area contributed by atoms with Crippen molar-refractivity contribution in [3.63, 3.8) is 0 Å². The molecule has 0 heterocycles. The molecule has 0 amide bonds. The van der Waals surface area contributed by atoms with Gasteiger partial charge in [0.05, 0.1) is 0 Å². The van der Waals surface area contributed by atoms with Crippen molar-refractivity contribution < 1.29 is 41.7 Å². The Morgan fingerprint density at radius 1 is 1.33 bits per heavy atom. The smallest absolute Gasteiger partial charge is 1.00 e. The van der Waals surface area contributed by atoms with Crippen molar-refractivity contribution in [3.8, 4) is 0 Å². The van der Waals surface area contributed by atoms with Crippen molar-refractivity contribution in [2.24, 2.45) is 0 Å². The summed E-state index contributed by atoms with van der Waals surface area (Å²) in [6, 6.07) is 0. The van der Waals surface area contributed by atoms with Gasteiger partial charge in [-0.25, -0.2) is 0 Å². The fraction of sp³-hybridized carbons (Fsp3) is 0. The Hall–Kier alpha value is 0.389. The van der Waals surface area contributed by atoms with Crippen molar-refractivity contribution in [1.82, 2.24) is 0 Å². The minimum atomic E-state index is -5.17. The first-order valence-corrected chi connectivity index (χ1v) is 2.00. The molecule has 0 aromatic rings. The third-order valence-electron chi connectivity index (χ3n) is 0. The predicted octanol–water partition coefficient (Wildman–Crippen LogP) is -0.778. The zero-order valence-electron chi connectivity index (χ0n) is 7.34. The van der Waals surface area contributed by atoms with Crippen LogP contribution in [0.2, 0.25) is 0 Å². The van der Waals surface area contributed by atoms with Crippen molar-refractivity contribution in [3.05, 3.63) is 0 Å². The molecule has 0 unspecified atom stereocenters.